The van der Waals surface area contributed by atoms with Gasteiger partial charge in [0.05, 0.1) is 24.2 Å². The van der Waals surface area contributed by atoms with Crippen molar-refractivity contribution >= 4 is 0 Å². The van der Waals surface area contributed by atoms with E-state index in [1.807, 2.05) is 0 Å². The van der Waals surface area contributed by atoms with E-state index >= 15 is 0 Å². The van der Waals surface area contributed by atoms with E-state index in [0.717, 1.165) is 25.4 Å². The molecule has 0 N–H and O–H groups in total. The molecule has 0 spiro atoms. The van der Waals surface area contributed by atoms with Gasteiger partial charge in [0.2, 0.25) is 0 Å². The maximum absolute atomic E-state index is 9.37. The van der Waals surface area contributed by atoms with E-state index < -0.39 is 0 Å². The molecular weight excluding hydrogens is 224 g/mol. The molecule has 0 aromatic rings. The molecule has 102 valence electrons. The third-order valence-corrected chi connectivity index (χ3v) is 4.59. The molecule has 5 unspecified atom stereocenters. The molecule has 2 rings (SSSR count). The molecule has 1 saturated carbocycles. The maximum Gasteiger partial charge on any atom is 0.0678 e. The van der Waals surface area contributed by atoms with Crippen molar-refractivity contribution in [3.63, 3.8) is 0 Å². The van der Waals surface area contributed by atoms with Crippen LogP contribution in [0.25, 0.3) is 0 Å². The minimum Gasteiger partial charge on any atom is -0.373 e. The smallest absolute Gasteiger partial charge is 0.0678 e. The maximum atomic E-state index is 9.37. The number of ether oxygens (including phenoxy) is 1. The lowest BCUT2D eigenvalue weighted by atomic mass is 9.77. The van der Waals surface area contributed by atoms with Crippen LogP contribution in [0.5, 0.6) is 0 Å². The summed E-state index contributed by atoms with van der Waals surface area (Å²) in [5.74, 6) is 1.04. The average molecular weight is 250 g/mol. The van der Waals surface area contributed by atoms with E-state index in [9.17, 15) is 5.26 Å². The Hall–Kier alpha value is -0.590. The third-order valence-electron chi connectivity index (χ3n) is 4.59. The highest BCUT2D eigenvalue weighted by atomic mass is 16.5. The number of rotatable bonds is 2. The van der Waals surface area contributed by atoms with Gasteiger partial charge in [0.1, 0.15) is 0 Å². The van der Waals surface area contributed by atoms with Gasteiger partial charge in [0.15, 0.2) is 0 Å². The molecule has 1 saturated heterocycles. The highest BCUT2D eigenvalue weighted by molar-refractivity contribution is 4.98. The fraction of sp³-hybridized carbons (Fsp3) is 0.933. The summed E-state index contributed by atoms with van der Waals surface area (Å²) in [5.41, 5.74) is 0. The molecule has 3 nitrogen and oxygen atoms in total. The van der Waals surface area contributed by atoms with Gasteiger partial charge in [0.25, 0.3) is 0 Å². The summed E-state index contributed by atoms with van der Waals surface area (Å²) in [5, 5.41) is 9.37. The van der Waals surface area contributed by atoms with E-state index in [4.69, 9.17) is 4.74 Å². The van der Waals surface area contributed by atoms with Crippen molar-refractivity contribution in [2.45, 2.75) is 64.7 Å². The van der Waals surface area contributed by atoms with Crippen molar-refractivity contribution in [3.05, 3.63) is 0 Å². The highest BCUT2D eigenvalue weighted by Gasteiger charge is 2.36. The van der Waals surface area contributed by atoms with Crippen LogP contribution in [-0.4, -0.2) is 36.2 Å². The van der Waals surface area contributed by atoms with E-state index in [1.165, 1.54) is 19.3 Å². The van der Waals surface area contributed by atoms with Gasteiger partial charge in [-0.3, -0.25) is 4.90 Å². The zero-order valence-corrected chi connectivity index (χ0v) is 11.9. The Labute approximate surface area is 111 Å². The Bertz CT molecular complexity index is 302. The van der Waals surface area contributed by atoms with Crippen LogP contribution in [0.4, 0.5) is 0 Å². The Balaban J connectivity index is 2.05. The number of morpholine rings is 1. The van der Waals surface area contributed by atoms with E-state index in [-0.39, 0.29) is 5.92 Å². The molecule has 2 aliphatic rings. The number of nitriles is 1. The Morgan fingerprint density at radius 1 is 1.22 bits per heavy atom. The normalized spacial score (nSPS) is 42.4. The molecule has 3 heteroatoms. The van der Waals surface area contributed by atoms with Crippen molar-refractivity contribution < 1.29 is 4.74 Å². The van der Waals surface area contributed by atoms with Crippen LogP contribution >= 0.6 is 0 Å². The predicted molar refractivity (Wildman–Crippen MR) is 72.1 cm³/mol. The van der Waals surface area contributed by atoms with Gasteiger partial charge < -0.3 is 4.74 Å². The lowest BCUT2D eigenvalue weighted by Crippen LogP contribution is -2.53. The molecule has 1 aliphatic heterocycles. The van der Waals surface area contributed by atoms with Gasteiger partial charge in [-0.05, 0) is 39.0 Å². The second kappa shape index (κ2) is 6.04. The first-order valence-corrected chi connectivity index (χ1v) is 7.43. The topological polar surface area (TPSA) is 36.3 Å². The SMILES string of the molecule is CCC1CCC(C#N)C(N2CC(C)OC(C)C2)C1. The molecule has 2 fully saturated rings. The molecule has 0 bridgehead atoms. The predicted octanol–water partition coefficient (Wildman–Crippen LogP) is 2.81. The fourth-order valence-corrected chi connectivity index (χ4v) is 3.64. The molecule has 0 radical (unpaired) electrons. The average Bonchev–Trinajstić information content (AvgIpc) is 2.36. The molecule has 18 heavy (non-hydrogen) atoms. The standard InChI is InChI=1S/C15H26N2O/c1-4-13-5-6-14(8-16)15(7-13)17-9-11(2)18-12(3)10-17/h11-15H,4-7,9-10H2,1-3H3. The Kier molecular flexibility index (Phi) is 4.64. The summed E-state index contributed by atoms with van der Waals surface area (Å²) in [4.78, 5) is 2.52. The van der Waals surface area contributed by atoms with Gasteiger partial charge in [-0.2, -0.15) is 5.26 Å². The molecule has 0 aromatic carbocycles. The number of nitrogens with zero attached hydrogens (tertiary/aromatic N) is 2. The zero-order valence-electron chi connectivity index (χ0n) is 11.9. The summed E-state index contributed by atoms with van der Waals surface area (Å²) in [6.07, 6.45) is 5.38. The van der Waals surface area contributed by atoms with E-state index in [0.29, 0.717) is 18.2 Å². The van der Waals surface area contributed by atoms with Crippen LogP contribution in [-0.2, 0) is 4.74 Å². The van der Waals surface area contributed by atoms with Crippen LogP contribution in [0, 0.1) is 23.2 Å². The fourth-order valence-electron chi connectivity index (χ4n) is 3.64. The van der Waals surface area contributed by atoms with Gasteiger partial charge >= 0.3 is 0 Å². The van der Waals surface area contributed by atoms with Crippen molar-refractivity contribution in [1.82, 2.24) is 4.90 Å². The van der Waals surface area contributed by atoms with Crippen LogP contribution in [0.1, 0.15) is 46.5 Å². The van der Waals surface area contributed by atoms with E-state index in [1.54, 1.807) is 0 Å². The first kappa shape index (κ1) is 13.8. The van der Waals surface area contributed by atoms with Crippen LogP contribution in [0.15, 0.2) is 0 Å². The van der Waals surface area contributed by atoms with Crippen molar-refractivity contribution in [1.29, 1.82) is 5.26 Å². The van der Waals surface area contributed by atoms with Crippen LogP contribution < -0.4 is 0 Å². The van der Waals surface area contributed by atoms with Crippen molar-refractivity contribution in [3.8, 4) is 6.07 Å². The molecule has 1 aliphatic carbocycles. The number of hydrogen-bond donors (Lipinski definition) is 0. The quantitative estimate of drug-likeness (QED) is 0.756. The lowest BCUT2D eigenvalue weighted by molar-refractivity contribution is -0.0909. The summed E-state index contributed by atoms with van der Waals surface area (Å²) >= 11 is 0. The van der Waals surface area contributed by atoms with Crippen LogP contribution in [0.2, 0.25) is 0 Å². The first-order chi connectivity index (χ1) is 8.63. The van der Waals surface area contributed by atoms with Gasteiger partial charge in [0, 0.05) is 19.1 Å². The van der Waals surface area contributed by atoms with Crippen molar-refractivity contribution in [2.24, 2.45) is 11.8 Å². The van der Waals surface area contributed by atoms with Gasteiger partial charge in [-0.15, -0.1) is 0 Å². The summed E-state index contributed by atoms with van der Waals surface area (Å²) in [6.45, 7) is 8.54. The van der Waals surface area contributed by atoms with Crippen LogP contribution in [0.3, 0.4) is 0 Å². The second-order valence-electron chi connectivity index (χ2n) is 6.10. The molecule has 0 aromatic heterocycles. The first-order valence-electron chi connectivity index (χ1n) is 7.43. The number of hydrogen-bond acceptors (Lipinski definition) is 3. The molecule has 0 amide bonds. The second-order valence-corrected chi connectivity index (χ2v) is 6.10. The van der Waals surface area contributed by atoms with E-state index in [2.05, 4.69) is 31.7 Å². The molecule has 1 heterocycles. The monoisotopic (exact) mass is 250 g/mol. The summed E-state index contributed by atoms with van der Waals surface area (Å²) < 4.78 is 5.80. The van der Waals surface area contributed by atoms with Gasteiger partial charge in [-0.25, -0.2) is 0 Å². The zero-order chi connectivity index (χ0) is 13.1. The highest BCUT2D eigenvalue weighted by Crippen LogP contribution is 2.34. The third kappa shape index (κ3) is 3.05. The Morgan fingerprint density at radius 2 is 1.89 bits per heavy atom. The summed E-state index contributed by atoms with van der Waals surface area (Å²) in [7, 11) is 0. The minimum atomic E-state index is 0.227. The van der Waals surface area contributed by atoms with Gasteiger partial charge in [-0.1, -0.05) is 13.3 Å². The lowest BCUT2D eigenvalue weighted by Gasteiger charge is -2.45. The largest absolute Gasteiger partial charge is 0.373 e. The summed E-state index contributed by atoms with van der Waals surface area (Å²) in [6, 6.07) is 3.00. The van der Waals surface area contributed by atoms with Crippen molar-refractivity contribution in [2.75, 3.05) is 13.1 Å². The Morgan fingerprint density at radius 3 is 2.44 bits per heavy atom. The molecular formula is C15H26N2O. The molecule has 5 atom stereocenters. The minimum absolute atomic E-state index is 0.227.